The summed E-state index contributed by atoms with van der Waals surface area (Å²) in [5, 5.41) is 3.78. The Kier molecular flexibility index (Phi) is 6.46. The molecule has 0 amide bonds. The lowest BCUT2D eigenvalue weighted by Gasteiger charge is -2.38. The van der Waals surface area contributed by atoms with E-state index in [4.69, 9.17) is 16.3 Å². The van der Waals surface area contributed by atoms with Gasteiger partial charge in [0, 0.05) is 20.2 Å². The van der Waals surface area contributed by atoms with Gasteiger partial charge in [-0.2, -0.15) is 0 Å². The fraction of sp³-hybridized carbons (Fsp3) is 0.647. The van der Waals surface area contributed by atoms with Crippen LogP contribution in [0.2, 0.25) is 5.02 Å². The van der Waals surface area contributed by atoms with Crippen LogP contribution in [-0.2, 0) is 11.2 Å². The van der Waals surface area contributed by atoms with E-state index in [1.165, 1.54) is 38.2 Å². The Hall–Kier alpha value is -0.640. The Morgan fingerprint density at radius 1 is 1.29 bits per heavy atom. The summed E-state index contributed by atoms with van der Waals surface area (Å²) in [5.74, 6) is -0.313. The van der Waals surface area contributed by atoms with E-state index in [1.807, 2.05) is 6.07 Å². The summed E-state index contributed by atoms with van der Waals surface area (Å²) in [6, 6.07) is 5.14. The van der Waals surface area contributed by atoms with Gasteiger partial charge in [-0.25, -0.2) is 4.39 Å². The first-order valence-electron chi connectivity index (χ1n) is 7.79. The number of hydrogen-bond donors (Lipinski definition) is 1. The largest absolute Gasteiger partial charge is 0.383 e. The number of benzene rings is 1. The summed E-state index contributed by atoms with van der Waals surface area (Å²) >= 11 is 6.14. The van der Waals surface area contributed by atoms with Crippen LogP contribution in [0.4, 0.5) is 4.39 Å². The molecule has 0 heterocycles. The highest BCUT2D eigenvalue weighted by Crippen LogP contribution is 2.40. The highest BCUT2D eigenvalue weighted by Gasteiger charge is 2.32. The lowest BCUT2D eigenvalue weighted by Crippen LogP contribution is -2.39. The molecule has 1 aliphatic rings. The zero-order valence-corrected chi connectivity index (χ0v) is 13.5. The normalized spacial score (nSPS) is 17.9. The van der Waals surface area contributed by atoms with Gasteiger partial charge >= 0.3 is 0 Å². The molecule has 0 saturated heterocycles. The first-order valence-corrected chi connectivity index (χ1v) is 8.17. The standard InChI is InChI=1S/C17H25ClFNO/c1-21-11-10-20-13-17(8-3-2-4-9-17)12-14-6-5-7-15(19)16(14)18/h5-7,20H,2-4,8-13H2,1H3. The molecule has 0 atom stereocenters. The minimum Gasteiger partial charge on any atom is -0.383 e. The Labute approximate surface area is 132 Å². The van der Waals surface area contributed by atoms with Gasteiger partial charge in [0.1, 0.15) is 5.82 Å². The molecule has 1 saturated carbocycles. The quantitative estimate of drug-likeness (QED) is 0.761. The van der Waals surface area contributed by atoms with E-state index in [0.717, 1.165) is 31.7 Å². The van der Waals surface area contributed by atoms with E-state index < -0.39 is 0 Å². The topological polar surface area (TPSA) is 21.3 Å². The maximum atomic E-state index is 13.6. The lowest BCUT2D eigenvalue weighted by atomic mass is 9.70. The number of ether oxygens (including phenoxy) is 1. The summed E-state index contributed by atoms with van der Waals surface area (Å²) in [4.78, 5) is 0. The van der Waals surface area contributed by atoms with Crippen molar-refractivity contribution in [1.29, 1.82) is 0 Å². The third-order valence-corrected chi connectivity index (χ3v) is 4.92. The average molecular weight is 314 g/mol. The highest BCUT2D eigenvalue weighted by atomic mass is 35.5. The number of rotatable bonds is 7. The average Bonchev–Trinajstić information content (AvgIpc) is 2.50. The van der Waals surface area contributed by atoms with E-state index >= 15 is 0 Å². The van der Waals surface area contributed by atoms with E-state index in [-0.39, 0.29) is 11.2 Å². The molecule has 0 radical (unpaired) electrons. The van der Waals surface area contributed by atoms with Crippen LogP contribution in [0.25, 0.3) is 0 Å². The fourth-order valence-corrected chi connectivity index (χ4v) is 3.53. The molecule has 2 nitrogen and oxygen atoms in total. The van der Waals surface area contributed by atoms with E-state index in [9.17, 15) is 4.39 Å². The SMILES string of the molecule is COCCNCC1(Cc2cccc(F)c2Cl)CCCCC1. The van der Waals surface area contributed by atoms with Crippen molar-refractivity contribution in [2.45, 2.75) is 38.5 Å². The summed E-state index contributed by atoms with van der Waals surface area (Å²) in [5.41, 5.74) is 1.13. The predicted molar refractivity (Wildman–Crippen MR) is 85.4 cm³/mol. The third-order valence-electron chi connectivity index (χ3n) is 4.49. The zero-order chi connectivity index (χ0) is 15.1. The zero-order valence-electron chi connectivity index (χ0n) is 12.8. The van der Waals surface area contributed by atoms with Crippen LogP contribution in [0.3, 0.4) is 0 Å². The molecule has 4 heteroatoms. The molecule has 1 fully saturated rings. The second-order valence-corrected chi connectivity index (χ2v) is 6.50. The Morgan fingerprint density at radius 3 is 2.76 bits per heavy atom. The van der Waals surface area contributed by atoms with Crippen molar-refractivity contribution in [2.24, 2.45) is 5.41 Å². The highest BCUT2D eigenvalue weighted by molar-refractivity contribution is 6.31. The first kappa shape index (κ1) is 16.7. The molecule has 0 spiro atoms. The maximum absolute atomic E-state index is 13.6. The monoisotopic (exact) mass is 313 g/mol. The van der Waals surface area contributed by atoms with E-state index in [1.54, 1.807) is 13.2 Å². The van der Waals surface area contributed by atoms with Crippen LogP contribution < -0.4 is 5.32 Å². The molecular weight excluding hydrogens is 289 g/mol. The van der Waals surface area contributed by atoms with Gasteiger partial charge in [0.2, 0.25) is 0 Å². The van der Waals surface area contributed by atoms with Gasteiger partial charge in [-0.1, -0.05) is 43.0 Å². The van der Waals surface area contributed by atoms with E-state index in [2.05, 4.69) is 5.32 Å². The molecule has 21 heavy (non-hydrogen) atoms. The molecule has 1 aromatic rings. The van der Waals surface area contributed by atoms with Crippen molar-refractivity contribution in [3.8, 4) is 0 Å². The van der Waals surface area contributed by atoms with Crippen LogP contribution in [0.1, 0.15) is 37.7 Å². The summed E-state index contributed by atoms with van der Waals surface area (Å²) in [7, 11) is 1.71. The predicted octanol–water partition coefficient (Wildman–Crippen LogP) is 4.21. The van der Waals surface area contributed by atoms with E-state index in [0.29, 0.717) is 5.02 Å². The van der Waals surface area contributed by atoms with Crippen LogP contribution in [0.15, 0.2) is 18.2 Å². The Bertz CT molecular complexity index is 446. The van der Waals surface area contributed by atoms with Crippen molar-refractivity contribution >= 4 is 11.6 Å². The van der Waals surface area contributed by atoms with Crippen LogP contribution in [0.5, 0.6) is 0 Å². The fourth-order valence-electron chi connectivity index (χ4n) is 3.33. The van der Waals surface area contributed by atoms with Gasteiger partial charge in [0.05, 0.1) is 11.6 Å². The minimum absolute atomic E-state index is 0.198. The summed E-state index contributed by atoms with van der Waals surface area (Å²) in [6.07, 6.45) is 7.01. The summed E-state index contributed by atoms with van der Waals surface area (Å²) < 4.78 is 18.7. The van der Waals surface area contributed by atoms with Gasteiger partial charge < -0.3 is 10.1 Å². The molecule has 1 aliphatic carbocycles. The second-order valence-electron chi connectivity index (χ2n) is 6.12. The number of hydrogen-bond acceptors (Lipinski definition) is 2. The van der Waals surface area contributed by atoms with Crippen LogP contribution in [-0.4, -0.2) is 26.8 Å². The van der Waals surface area contributed by atoms with Gasteiger partial charge in [-0.15, -0.1) is 0 Å². The molecular formula is C17H25ClFNO. The minimum atomic E-state index is -0.313. The maximum Gasteiger partial charge on any atom is 0.142 e. The first-order chi connectivity index (χ1) is 10.2. The van der Waals surface area contributed by atoms with Gasteiger partial charge in [0.25, 0.3) is 0 Å². The van der Waals surface area contributed by atoms with Crippen molar-refractivity contribution in [3.05, 3.63) is 34.6 Å². The van der Waals surface area contributed by atoms with Crippen LogP contribution >= 0.6 is 11.6 Å². The number of halogens is 2. The number of methoxy groups -OCH3 is 1. The van der Waals surface area contributed by atoms with Crippen molar-refractivity contribution in [2.75, 3.05) is 26.8 Å². The second kappa shape index (κ2) is 8.11. The van der Waals surface area contributed by atoms with Crippen molar-refractivity contribution in [3.63, 3.8) is 0 Å². The third kappa shape index (κ3) is 4.67. The lowest BCUT2D eigenvalue weighted by molar-refractivity contribution is 0.162. The van der Waals surface area contributed by atoms with Gasteiger partial charge in [0.15, 0.2) is 0 Å². The van der Waals surface area contributed by atoms with Gasteiger partial charge in [-0.3, -0.25) is 0 Å². The molecule has 0 bridgehead atoms. The van der Waals surface area contributed by atoms with Crippen molar-refractivity contribution < 1.29 is 9.13 Å². The molecule has 2 rings (SSSR count). The summed E-state index contributed by atoms with van der Waals surface area (Å²) in [6.45, 7) is 2.52. The smallest absolute Gasteiger partial charge is 0.142 e. The number of nitrogens with one attached hydrogen (secondary N) is 1. The Morgan fingerprint density at radius 2 is 2.05 bits per heavy atom. The molecule has 0 aromatic heterocycles. The van der Waals surface area contributed by atoms with Gasteiger partial charge in [-0.05, 0) is 36.3 Å². The Balaban J connectivity index is 2.06. The van der Waals surface area contributed by atoms with Crippen LogP contribution in [0, 0.1) is 11.2 Å². The molecule has 1 N–H and O–H groups in total. The molecule has 0 unspecified atom stereocenters. The molecule has 0 aliphatic heterocycles. The molecule has 1 aromatic carbocycles. The molecule has 118 valence electrons. The van der Waals surface area contributed by atoms with Crippen molar-refractivity contribution in [1.82, 2.24) is 5.32 Å².